The molecule has 22 heavy (non-hydrogen) atoms. The van der Waals surface area contributed by atoms with Gasteiger partial charge in [-0.05, 0) is 18.1 Å². The number of nitrogens with one attached hydrogen (secondary N) is 1. The zero-order valence-corrected chi connectivity index (χ0v) is 12.8. The predicted octanol–water partition coefficient (Wildman–Crippen LogP) is 2.78. The zero-order chi connectivity index (χ0) is 16.2. The second kappa shape index (κ2) is 6.67. The van der Waals surface area contributed by atoms with Gasteiger partial charge in [0, 0.05) is 18.2 Å². The molecule has 2 aromatic rings. The van der Waals surface area contributed by atoms with Crippen LogP contribution in [0.25, 0.3) is 0 Å². The molecule has 1 N–H and O–H groups in total. The second-order valence-corrected chi connectivity index (χ2v) is 6.69. The number of nitro benzene ring substituents is 1. The SMILES string of the molecule is C[C@@H](NS(=O)(=O)Cc1ccc([N+](=O)[O-])cc1)c1ccccc1. The molecule has 0 aliphatic heterocycles. The molecule has 0 bridgehead atoms. The van der Waals surface area contributed by atoms with Crippen molar-refractivity contribution in [2.75, 3.05) is 0 Å². The lowest BCUT2D eigenvalue weighted by Gasteiger charge is -2.14. The van der Waals surface area contributed by atoms with Gasteiger partial charge in [0.15, 0.2) is 0 Å². The Labute approximate surface area is 129 Å². The Kier molecular flexibility index (Phi) is 4.89. The first-order valence-electron chi connectivity index (χ1n) is 6.66. The lowest BCUT2D eigenvalue weighted by atomic mass is 10.1. The standard InChI is InChI=1S/C15H16N2O4S/c1-12(14-5-3-2-4-6-14)16-22(20,21)11-13-7-9-15(10-8-13)17(18)19/h2-10,12,16H,11H2,1H3/t12-/m1/s1. The van der Waals surface area contributed by atoms with Crippen molar-refractivity contribution in [1.29, 1.82) is 0 Å². The number of rotatable bonds is 6. The Morgan fingerprint density at radius 3 is 2.23 bits per heavy atom. The largest absolute Gasteiger partial charge is 0.269 e. The number of benzene rings is 2. The van der Waals surface area contributed by atoms with Crippen LogP contribution in [0, 0.1) is 10.1 Å². The Morgan fingerprint density at radius 2 is 1.68 bits per heavy atom. The van der Waals surface area contributed by atoms with Crippen molar-refractivity contribution in [3.63, 3.8) is 0 Å². The molecular formula is C15H16N2O4S. The maximum absolute atomic E-state index is 12.2. The highest BCUT2D eigenvalue weighted by Gasteiger charge is 2.17. The Balaban J connectivity index is 2.06. The second-order valence-electron chi connectivity index (χ2n) is 4.93. The van der Waals surface area contributed by atoms with Crippen molar-refractivity contribution in [3.05, 3.63) is 75.8 Å². The van der Waals surface area contributed by atoms with E-state index >= 15 is 0 Å². The quantitative estimate of drug-likeness (QED) is 0.654. The van der Waals surface area contributed by atoms with E-state index in [1.165, 1.54) is 24.3 Å². The molecule has 2 rings (SSSR count). The molecule has 6 nitrogen and oxygen atoms in total. The average Bonchev–Trinajstić information content (AvgIpc) is 2.47. The highest BCUT2D eigenvalue weighted by molar-refractivity contribution is 7.88. The minimum Gasteiger partial charge on any atom is -0.258 e. The number of sulfonamides is 1. The fraction of sp³-hybridized carbons (Fsp3) is 0.200. The molecule has 0 saturated heterocycles. The van der Waals surface area contributed by atoms with Crippen LogP contribution in [0.5, 0.6) is 0 Å². The van der Waals surface area contributed by atoms with Crippen molar-refractivity contribution >= 4 is 15.7 Å². The zero-order valence-electron chi connectivity index (χ0n) is 12.0. The van der Waals surface area contributed by atoms with E-state index in [0.717, 1.165) is 5.56 Å². The third kappa shape index (κ3) is 4.37. The molecule has 0 aliphatic rings. The third-order valence-electron chi connectivity index (χ3n) is 3.16. The summed E-state index contributed by atoms with van der Waals surface area (Å²) in [4.78, 5) is 10.1. The van der Waals surface area contributed by atoms with Crippen LogP contribution < -0.4 is 4.72 Å². The topological polar surface area (TPSA) is 89.3 Å². The Morgan fingerprint density at radius 1 is 1.09 bits per heavy atom. The number of nitro groups is 1. The Hall–Kier alpha value is -2.25. The monoisotopic (exact) mass is 320 g/mol. The van der Waals surface area contributed by atoms with Gasteiger partial charge in [-0.3, -0.25) is 10.1 Å². The van der Waals surface area contributed by atoms with E-state index in [9.17, 15) is 18.5 Å². The summed E-state index contributed by atoms with van der Waals surface area (Å²) < 4.78 is 26.9. The minimum atomic E-state index is -3.53. The van der Waals surface area contributed by atoms with Gasteiger partial charge < -0.3 is 0 Å². The highest BCUT2D eigenvalue weighted by atomic mass is 32.2. The van der Waals surface area contributed by atoms with E-state index in [1.54, 1.807) is 6.92 Å². The fourth-order valence-electron chi connectivity index (χ4n) is 2.05. The number of hydrogen-bond acceptors (Lipinski definition) is 4. The maximum atomic E-state index is 12.2. The summed E-state index contributed by atoms with van der Waals surface area (Å²) in [6, 6.07) is 14.4. The summed E-state index contributed by atoms with van der Waals surface area (Å²) in [5.74, 6) is -0.220. The smallest absolute Gasteiger partial charge is 0.258 e. The van der Waals surface area contributed by atoms with Crippen molar-refractivity contribution in [1.82, 2.24) is 4.72 Å². The van der Waals surface area contributed by atoms with Crippen LogP contribution in [0.4, 0.5) is 5.69 Å². The van der Waals surface area contributed by atoms with Crippen molar-refractivity contribution in [2.45, 2.75) is 18.7 Å². The fourth-order valence-corrected chi connectivity index (χ4v) is 3.44. The third-order valence-corrected chi connectivity index (χ3v) is 4.59. The van der Waals surface area contributed by atoms with Gasteiger partial charge in [-0.15, -0.1) is 0 Å². The molecular weight excluding hydrogens is 304 g/mol. The first kappa shape index (κ1) is 16.1. The molecule has 0 fully saturated rings. The predicted molar refractivity (Wildman–Crippen MR) is 83.7 cm³/mol. The average molecular weight is 320 g/mol. The van der Waals surface area contributed by atoms with Gasteiger partial charge in [0.1, 0.15) is 0 Å². The van der Waals surface area contributed by atoms with Crippen molar-refractivity contribution in [2.24, 2.45) is 0 Å². The van der Waals surface area contributed by atoms with Crippen LogP contribution in [0.15, 0.2) is 54.6 Å². The Bertz CT molecular complexity index is 743. The molecule has 0 radical (unpaired) electrons. The van der Waals surface area contributed by atoms with Crippen molar-refractivity contribution in [3.8, 4) is 0 Å². The molecule has 0 unspecified atom stereocenters. The van der Waals surface area contributed by atoms with Crippen LogP contribution in [0.1, 0.15) is 24.1 Å². The van der Waals surface area contributed by atoms with E-state index < -0.39 is 14.9 Å². The molecule has 1 atom stereocenters. The van der Waals surface area contributed by atoms with E-state index in [4.69, 9.17) is 0 Å². The molecule has 0 aliphatic carbocycles. The lowest BCUT2D eigenvalue weighted by molar-refractivity contribution is -0.384. The van der Waals surface area contributed by atoms with E-state index in [2.05, 4.69) is 4.72 Å². The summed E-state index contributed by atoms with van der Waals surface area (Å²) in [7, 11) is -3.53. The highest BCUT2D eigenvalue weighted by Crippen LogP contribution is 2.16. The van der Waals surface area contributed by atoms with Gasteiger partial charge in [-0.2, -0.15) is 0 Å². The number of hydrogen-bond donors (Lipinski definition) is 1. The molecule has 0 aromatic heterocycles. The van der Waals surface area contributed by atoms with Gasteiger partial charge in [0.25, 0.3) is 5.69 Å². The van der Waals surface area contributed by atoms with Gasteiger partial charge >= 0.3 is 0 Å². The molecule has 0 amide bonds. The molecule has 0 saturated carbocycles. The number of non-ortho nitro benzene ring substituents is 1. The summed E-state index contributed by atoms with van der Waals surface area (Å²) in [6.45, 7) is 1.77. The van der Waals surface area contributed by atoms with Crippen LogP contribution in [0.2, 0.25) is 0 Å². The van der Waals surface area contributed by atoms with Crippen LogP contribution in [-0.4, -0.2) is 13.3 Å². The van der Waals surface area contributed by atoms with Crippen LogP contribution in [0.3, 0.4) is 0 Å². The molecule has 2 aromatic carbocycles. The van der Waals surface area contributed by atoms with E-state index in [1.807, 2.05) is 30.3 Å². The molecule has 0 heterocycles. The van der Waals surface area contributed by atoms with Crippen LogP contribution in [-0.2, 0) is 15.8 Å². The molecule has 0 spiro atoms. The molecule has 7 heteroatoms. The summed E-state index contributed by atoms with van der Waals surface area (Å²) in [6.07, 6.45) is 0. The summed E-state index contributed by atoms with van der Waals surface area (Å²) in [5, 5.41) is 10.6. The summed E-state index contributed by atoms with van der Waals surface area (Å²) >= 11 is 0. The molecule has 116 valence electrons. The first-order chi connectivity index (χ1) is 10.4. The normalized spacial score (nSPS) is 12.8. The van der Waals surface area contributed by atoms with Gasteiger partial charge in [0.2, 0.25) is 10.0 Å². The van der Waals surface area contributed by atoms with Gasteiger partial charge in [-0.1, -0.05) is 42.5 Å². The van der Waals surface area contributed by atoms with Crippen molar-refractivity contribution < 1.29 is 13.3 Å². The lowest BCUT2D eigenvalue weighted by Crippen LogP contribution is -2.28. The maximum Gasteiger partial charge on any atom is 0.269 e. The summed E-state index contributed by atoms with van der Waals surface area (Å²) in [5.41, 5.74) is 1.31. The minimum absolute atomic E-state index is 0.0632. The van der Waals surface area contributed by atoms with E-state index in [-0.39, 0.29) is 17.5 Å². The first-order valence-corrected chi connectivity index (χ1v) is 8.31. The van der Waals surface area contributed by atoms with Gasteiger partial charge in [-0.25, -0.2) is 13.1 Å². The number of nitrogens with zero attached hydrogens (tertiary/aromatic N) is 1. The van der Waals surface area contributed by atoms with E-state index in [0.29, 0.717) is 5.56 Å². The van der Waals surface area contributed by atoms with Crippen LogP contribution >= 0.6 is 0 Å². The van der Waals surface area contributed by atoms with Gasteiger partial charge in [0.05, 0.1) is 10.7 Å².